The number of aryl methyl sites for hydroxylation is 4. The molecule has 2 aromatic rings. The molecule has 134 valence electrons. The van der Waals surface area contributed by atoms with Crippen LogP contribution in [0.4, 0.5) is 0 Å². The molecule has 25 heavy (non-hydrogen) atoms. The summed E-state index contributed by atoms with van der Waals surface area (Å²) in [6.45, 7) is 4.55. The van der Waals surface area contributed by atoms with Crippen molar-refractivity contribution in [3.05, 3.63) is 40.7 Å². The van der Waals surface area contributed by atoms with Crippen LogP contribution in [-0.2, 0) is 18.3 Å². The Labute approximate surface area is 148 Å². The first kappa shape index (κ1) is 17.3. The van der Waals surface area contributed by atoms with Crippen LogP contribution in [0, 0.1) is 13.8 Å². The van der Waals surface area contributed by atoms with Gasteiger partial charge in [0.25, 0.3) is 0 Å². The van der Waals surface area contributed by atoms with Crippen LogP contribution in [-0.4, -0.2) is 29.4 Å². The average molecular weight is 343 g/mol. The van der Waals surface area contributed by atoms with Crippen LogP contribution in [0.25, 0.3) is 0 Å². The summed E-state index contributed by atoms with van der Waals surface area (Å²) in [5.41, 5.74) is 4.18. The van der Waals surface area contributed by atoms with Gasteiger partial charge in [0.05, 0.1) is 25.5 Å². The minimum atomic E-state index is -0.0416. The zero-order valence-electron chi connectivity index (χ0n) is 15.3. The normalized spacial score (nSPS) is 16.1. The smallest absolute Gasteiger partial charge is 0.220 e. The standard InChI is InChI=1S/C19H25N3O3/c1-12-9-15-16(7-8-25-19(15)17(10-12)24-4)20-18(23)6-5-14-11-22(3)21-13(14)2/h9-11,16H,5-8H2,1-4H3,(H,20,23)/t16-/m1/s1. The molecule has 1 aromatic carbocycles. The number of methoxy groups -OCH3 is 1. The molecule has 0 saturated carbocycles. The van der Waals surface area contributed by atoms with Crippen molar-refractivity contribution in [1.29, 1.82) is 0 Å². The summed E-state index contributed by atoms with van der Waals surface area (Å²) >= 11 is 0. The number of benzene rings is 1. The first-order valence-corrected chi connectivity index (χ1v) is 8.57. The van der Waals surface area contributed by atoms with E-state index in [1.165, 1.54) is 0 Å². The second-order valence-corrected chi connectivity index (χ2v) is 6.56. The topological polar surface area (TPSA) is 65.4 Å². The van der Waals surface area contributed by atoms with Crippen molar-refractivity contribution in [2.75, 3.05) is 13.7 Å². The lowest BCUT2D eigenvalue weighted by Crippen LogP contribution is -2.32. The van der Waals surface area contributed by atoms with E-state index in [1.54, 1.807) is 11.8 Å². The summed E-state index contributed by atoms with van der Waals surface area (Å²) in [6, 6.07) is 3.97. The first-order valence-electron chi connectivity index (χ1n) is 8.57. The summed E-state index contributed by atoms with van der Waals surface area (Å²) in [5, 5.41) is 7.47. The third-order valence-corrected chi connectivity index (χ3v) is 4.55. The number of rotatable bonds is 5. The molecule has 1 aromatic heterocycles. The molecule has 0 radical (unpaired) electrons. The molecule has 1 atom stereocenters. The Balaban J connectivity index is 1.69. The van der Waals surface area contributed by atoms with Crippen molar-refractivity contribution in [1.82, 2.24) is 15.1 Å². The molecule has 1 aliphatic heterocycles. The summed E-state index contributed by atoms with van der Waals surface area (Å²) in [6.07, 6.45) is 3.87. The highest BCUT2D eigenvalue weighted by atomic mass is 16.5. The maximum atomic E-state index is 12.4. The number of nitrogens with one attached hydrogen (secondary N) is 1. The molecule has 6 nitrogen and oxygen atoms in total. The Morgan fingerprint density at radius 1 is 1.44 bits per heavy atom. The van der Waals surface area contributed by atoms with Crippen LogP contribution in [0.2, 0.25) is 0 Å². The number of hydrogen-bond acceptors (Lipinski definition) is 4. The van der Waals surface area contributed by atoms with Crippen molar-refractivity contribution >= 4 is 5.91 Å². The van der Waals surface area contributed by atoms with Gasteiger partial charge in [-0.3, -0.25) is 9.48 Å². The lowest BCUT2D eigenvalue weighted by molar-refractivity contribution is -0.122. The van der Waals surface area contributed by atoms with Gasteiger partial charge in [0.2, 0.25) is 5.91 Å². The van der Waals surface area contributed by atoms with Crippen molar-refractivity contribution in [2.45, 2.75) is 39.2 Å². The van der Waals surface area contributed by atoms with E-state index in [1.807, 2.05) is 33.2 Å². The van der Waals surface area contributed by atoms with E-state index in [9.17, 15) is 4.79 Å². The second-order valence-electron chi connectivity index (χ2n) is 6.56. The van der Waals surface area contributed by atoms with Gasteiger partial charge < -0.3 is 14.8 Å². The van der Waals surface area contributed by atoms with Gasteiger partial charge in [0.1, 0.15) is 0 Å². The van der Waals surface area contributed by atoms with Crippen molar-refractivity contribution in [3.63, 3.8) is 0 Å². The van der Waals surface area contributed by atoms with Crippen LogP contribution in [0.1, 0.15) is 41.3 Å². The average Bonchev–Trinajstić information content (AvgIpc) is 2.90. The molecular weight excluding hydrogens is 318 g/mol. The van der Waals surface area contributed by atoms with E-state index in [4.69, 9.17) is 9.47 Å². The van der Waals surface area contributed by atoms with Gasteiger partial charge in [-0.1, -0.05) is 6.07 Å². The third-order valence-electron chi connectivity index (χ3n) is 4.55. The molecule has 0 unspecified atom stereocenters. The van der Waals surface area contributed by atoms with Crippen LogP contribution < -0.4 is 14.8 Å². The minimum Gasteiger partial charge on any atom is -0.493 e. The monoisotopic (exact) mass is 343 g/mol. The first-order chi connectivity index (χ1) is 12.0. The lowest BCUT2D eigenvalue weighted by Gasteiger charge is -2.28. The summed E-state index contributed by atoms with van der Waals surface area (Å²) in [4.78, 5) is 12.4. The molecule has 1 aliphatic rings. The maximum Gasteiger partial charge on any atom is 0.220 e. The Kier molecular flexibility index (Phi) is 4.97. The fourth-order valence-corrected chi connectivity index (χ4v) is 3.33. The Morgan fingerprint density at radius 3 is 2.92 bits per heavy atom. The highest BCUT2D eigenvalue weighted by Crippen LogP contribution is 2.40. The molecule has 3 rings (SSSR count). The molecule has 0 fully saturated rings. The number of amides is 1. The molecule has 2 heterocycles. The number of carbonyl (C=O) groups is 1. The van der Waals surface area contributed by atoms with Gasteiger partial charge in [-0.2, -0.15) is 5.10 Å². The molecule has 0 saturated heterocycles. The summed E-state index contributed by atoms with van der Waals surface area (Å²) < 4.78 is 13.0. The zero-order chi connectivity index (χ0) is 18.0. The van der Waals surface area contributed by atoms with E-state index >= 15 is 0 Å². The number of aromatic nitrogens is 2. The molecule has 1 amide bonds. The summed E-state index contributed by atoms with van der Waals surface area (Å²) in [5.74, 6) is 1.51. The number of hydrogen-bond donors (Lipinski definition) is 1. The van der Waals surface area contributed by atoms with Crippen molar-refractivity contribution in [2.24, 2.45) is 7.05 Å². The van der Waals surface area contributed by atoms with E-state index in [-0.39, 0.29) is 11.9 Å². The van der Waals surface area contributed by atoms with Crippen molar-refractivity contribution in [3.8, 4) is 11.5 Å². The fraction of sp³-hybridized carbons (Fsp3) is 0.474. The number of carbonyl (C=O) groups excluding carboxylic acids is 1. The predicted octanol–water partition coefficient (Wildman–Crippen LogP) is 2.62. The van der Waals surface area contributed by atoms with E-state index in [0.717, 1.165) is 40.3 Å². The Morgan fingerprint density at radius 2 is 2.24 bits per heavy atom. The highest BCUT2D eigenvalue weighted by Gasteiger charge is 2.26. The quantitative estimate of drug-likeness (QED) is 0.906. The van der Waals surface area contributed by atoms with Gasteiger partial charge in [-0.15, -0.1) is 0 Å². The van der Waals surface area contributed by atoms with E-state index < -0.39 is 0 Å². The number of fused-ring (bicyclic) bond motifs is 1. The molecule has 0 bridgehead atoms. The highest BCUT2D eigenvalue weighted by molar-refractivity contribution is 5.77. The number of ether oxygens (including phenoxy) is 2. The minimum absolute atomic E-state index is 0.0416. The lowest BCUT2D eigenvalue weighted by atomic mass is 9.97. The predicted molar refractivity (Wildman–Crippen MR) is 95.0 cm³/mol. The van der Waals surface area contributed by atoms with Gasteiger partial charge in [-0.05, 0) is 37.5 Å². The maximum absolute atomic E-state index is 12.4. The van der Waals surface area contributed by atoms with Crippen LogP contribution in [0.15, 0.2) is 18.3 Å². The van der Waals surface area contributed by atoms with E-state index in [2.05, 4.69) is 16.5 Å². The molecule has 1 N–H and O–H groups in total. The fourth-order valence-electron chi connectivity index (χ4n) is 3.33. The largest absolute Gasteiger partial charge is 0.493 e. The van der Waals surface area contributed by atoms with Crippen LogP contribution >= 0.6 is 0 Å². The van der Waals surface area contributed by atoms with Gasteiger partial charge >= 0.3 is 0 Å². The molecular formula is C19H25N3O3. The number of nitrogens with zero attached hydrogens (tertiary/aromatic N) is 2. The molecule has 0 spiro atoms. The van der Waals surface area contributed by atoms with Crippen molar-refractivity contribution < 1.29 is 14.3 Å². The van der Waals surface area contributed by atoms with E-state index in [0.29, 0.717) is 19.4 Å². The van der Waals surface area contributed by atoms with Gasteiger partial charge in [0, 0.05) is 31.6 Å². The Bertz CT molecular complexity index is 782. The van der Waals surface area contributed by atoms with Gasteiger partial charge in [0.15, 0.2) is 11.5 Å². The SMILES string of the molecule is COc1cc(C)cc2c1OCC[C@H]2NC(=O)CCc1cn(C)nc1C. The summed E-state index contributed by atoms with van der Waals surface area (Å²) in [7, 11) is 3.53. The molecule has 0 aliphatic carbocycles. The second kappa shape index (κ2) is 7.17. The molecule has 6 heteroatoms. The van der Waals surface area contributed by atoms with Crippen LogP contribution in [0.5, 0.6) is 11.5 Å². The van der Waals surface area contributed by atoms with Gasteiger partial charge in [-0.25, -0.2) is 0 Å². The third kappa shape index (κ3) is 3.78. The van der Waals surface area contributed by atoms with Crippen LogP contribution in [0.3, 0.4) is 0 Å². The Hall–Kier alpha value is -2.50. The zero-order valence-corrected chi connectivity index (χ0v) is 15.3.